The SMILES string of the molecule is COc1cc(NCCC2=CCCCC2)cc([N+](=O)[O-])c1. The zero-order valence-electron chi connectivity index (χ0n) is 11.7. The van der Waals surface area contributed by atoms with Crippen LogP contribution in [0.25, 0.3) is 0 Å². The van der Waals surface area contributed by atoms with Crippen LogP contribution < -0.4 is 10.1 Å². The Morgan fingerprint density at radius 2 is 2.20 bits per heavy atom. The van der Waals surface area contributed by atoms with Crippen molar-refractivity contribution < 1.29 is 9.66 Å². The van der Waals surface area contributed by atoms with Gasteiger partial charge in [-0.05, 0) is 32.1 Å². The fraction of sp³-hybridized carbons (Fsp3) is 0.467. The molecular weight excluding hydrogens is 256 g/mol. The number of rotatable bonds is 6. The molecule has 1 N–H and O–H groups in total. The highest BCUT2D eigenvalue weighted by atomic mass is 16.6. The van der Waals surface area contributed by atoms with E-state index >= 15 is 0 Å². The molecule has 1 aliphatic rings. The lowest BCUT2D eigenvalue weighted by molar-refractivity contribution is -0.384. The lowest BCUT2D eigenvalue weighted by Gasteiger charge is -2.13. The van der Waals surface area contributed by atoms with Gasteiger partial charge in [0.1, 0.15) is 5.75 Å². The molecule has 0 spiro atoms. The number of hydrogen-bond acceptors (Lipinski definition) is 4. The average molecular weight is 276 g/mol. The fourth-order valence-electron chi connectivity index (χ4n) is 2.41. The standard InChI is InChI=1S/C15H20N2O3/c1-20-15-10-13(9-14(11-15)17(18)19)16-8-7-12-5-3-2-4-6-12/h5,9-11,16H,2-4,6-8H2,1H3. The second-order valence-electron chi connectivity index (χ2n) is 4.96. The molecule has 108 valence electrons. The van der Waals surface area contributed by atoms with Gasteiger partial charge < -0.3 is 10.1 Å². The maximum absolute atomic E-state index is 10.9. The van der Waals surface area contributed by atoms with Gasteiger partial charge in [0.15, 0.2) is 0 Å². The van der Waals surface area contributed by atoms with Crippen molar-refractivity contribution in [1.29, 1.82) is 0 Å². The van der Waals surface area contributed by atoms with Crippen molar-refractivity contribution in [2.45, 2.75) is 32.1 Å². The zero-order valence-corrected chi connectivity index (χ0v) is 11.7. The summed E-state index contributed by atoms with van der Waals surface area (Å²) in [6.07, 6.45) is 8.24. The molecule has 20 heavy (non-hydrogen) atoms. The molecule has 0 atom stereocenters. The van der Waals surface area contributed by atoms with Gasteiger partial charge in [0, 0.05) is 24.4 Å². The van der Waals surface area contributed by atoms with Gasteiger partial charge in [-0.25, -0.2) is 0 Å². The number of hydrogen-bond donors (Lipinski definition) is 1. The second kappa shape index (κ2) is 6.93. The molecule has 1 aliphatic carbocycles. The smallest absolute Gasteiger partial charge is 0.275 e. The molecule has 1 aromatic rings. The van der Waals surface area contributed by atoms with E-state index in [2.05, 4.69) is 11.4 Å². The van der Waals surface area contributed by atoms with Crippen molar-refractivity contribution in [3.63, 3.8) is 0 Å². The van der Waals surface area contributed by atoms with E-state index in [-0.39, 0.29) is 5.69 Å². The van der Waals surface area contributed by atoms with Crippen LogP contribution in [0, 0.1) is 10.1 Å². The van der Waals surface area contributed by atoms with Crippen LogP contribution in [0.4, 0.5) is 11.4 Å². The number of nitro benzene ring substituents is 1. The maximum Gasteiger partial charge on any atom is 0.275 e. The minimum Gasteiger partial charge on any atom is -0.496 e. The summed E-state index contributed by atoms with van der Waals surface area (Å²) < 4.78 is 5.09. The lowest BCUT2D eigenvalue weighted by Crippen LogP contribution is -2.05. The van der Waals surface area contributed by atoms with Gasteiger partial charge in [0.05, 0.1) is 18.1 Å². The fourth-order valence-corrected chi connectivity index (χ4v) is 2.41. The van der Waals surface area contributed by atoms with E-state index in [1.165, 1.54) is 50.5 Å². The van der Waals surface area contributed by atoms with E-state index in [0.717, 1.165) is 18.7 Å². The zero-order chi connectivity index (χ0) is 14.4. The minimum absolute atomic E-state index is 0.0451. The van der Waals surface area contributed by atoms with Gasteiger partial charge in [-0.2, -0.15) is 0 Å². The Bertz CT molecular complexity index is 512. The summed E-state index contributed by atoms with van der Waals surface area (Å²) >= 11 is 0. The summed E-state index contributed by atoms with van der Waals surface area (Å²) in [4.78, 5) is 10.5. The summed E-state index contributed by atoms with van der Waals surface area (Å²) in [6.45, 7) is 0.788. The maximum atomic E-state index is 10.9. The number of nitrogens with zero attached hydrogens (tertiary/aromatic N) is 1. The molecule has 0 amide bonds. The molecule has 0 fully saturated rings. The summed E-state index contributed by atoms with van der Waals surface area (Å²) in [5, 5.41) is 14.1. The van der Waals surface area contributed by atoms with Crippen LogP contribution in [0.1, 0.15) is 32.1 Å². The molecule has 5 heteroatoms. The summed E-state index contributed by atoms with van der Waals surface area (Å²) in [6, 6.07) is 4.74. The van der Waals surface area contributed by atoms with E-state index in [1.807, 2.05) is 0 Å². The number of nitro groups is 1. The first kappa shape index (κ1) is 14.4. The largest absolute Gasteiger partial charge is 0.496 e. The number of ether oxygens (including phenoxy) is 1. The van der Waals surface area contributed by atoms with Gasteiger partial charge in [-0.3, -0.25) is 10.1 Å². The Hall–Kier alpha value is -2.04. The van der Waals surface area contributed by atoms with Gasteiger partial charge in [-0.15, -0.1) is 0 Å². The molecular formula is C15H20N2O3. The molecule has 0 unspecified atom stereocenters. The molecule has 0 aliphatic heterocycles. The molecule has 0 saturated heterocycles. The Morgan fingerprint density at radius 3 is 2.85 bits per heavy atom. The van der Waals surface area contributed by atoms with Crippen molar-refractivity contribution >= 4 is 11.4 Å². The first-order chi connectivity index (χ1) is 9.69. The minimum atomic E-state index is -0.405. The van der Waals surface area contributed by atoms with Crippen LogP contribution >= 0.6 is 0 Å². The molecule has 0 radical (unpaired) electrons. The van der Waals surface area contributed by atoms with Crippen LogP contribution in [0.3, 0.4) is 0 Å². The van der Waals surface area contributed by atoms with Gasteiger partial charge in [0.25, 0.3) is 5.69 Å². The molecule has 2 rings (SSSR count). The number of nitrogens with one attached hydrogen (secondary N) is 1. The van der Waals surface area contributed by atoms with Crippen LogP contribution in [0.2, 0.25) is 0 Å². The van der Waals surface area contributed by atoms with Crippen molar-refractivity contribution in [1.82, 2.24) is 0 Å². The predicted molar refractivity (Wildman–Crippen MR) is 79.3 cm³/mol. The van der Waals surface area contributed by atoms with Crippen molar-refractivity contribution in [3.8, 4) is 5.75 Å². The van der Waals surface area contributed by atoms with Gasteiger partial charge in [-0.1, -0.05) is 11.6 Å². The van der Waals surface area contributed by atoms with Crippen molar-refractivity contribution in [2.24, 2.45) is 0 Å². The number of allylic oxidation sites excluding steroid dienone is 1. The summed E-state index contributed by atoms with van der Waals surface area (Å²) in [7, 11) is 1.51. The highest BCUT2D eigenvalue weighted by Gasteiger charge is 2.10. The molecule has 0 aromatic heterocycles. The highest BCUT2D eigenvalue weighted by Crippen LogP contribution is 2.26. The molecule has 0 heterocycles. The number of anilines is 1. The van der Waals surface area contributed by atoms with E-state index in [4.69, 9.17) is 4.74 Å². The van der Waals surface area contributed by atoms with Crippen molar-refractivity contribution in [3.05, 3.63) is 40.0 Å². The van der Waals surface area contributed by atoms with Crippen LogP contribution in [0.15, 0.2) is 29.8 Å². The van der Waals surface area contributed by atoms with E-state index in [9.17, 15) is 10.1 Å². The van der Waals surface area contributed by atoms with Crippen LogP contribution in [0.5, 0.6) is 5.75 Å². The van der Waals surface area contributed by atoms with Gasteiger partial charge in [0.2, 0.25) is 0 Å². The Balaban J connectivity index is 1.96. The normalized spacial score (nSPS) is 14.6. The predicted octanol–water partition coefficient (Wildman–Crippen LogP) is 3.91. The number of methoxy groups -OCH3 is 1. The first-order valence-electron chi connectivity index (χ1n) is 6.94. The summed E-state index contributed by atoms with van der Waals surface area (Å²) in [5.41, 5.74) is 2.26. The average Bonchev–Trinajstić information content (AvgIpc) is 2.48. The van der Waals surface area contributed by atoms with Crippen LogP contribution in [-0.2, 0) is 0 Å². The highest BCUT2D eigenvalue weighted by molar-refractivity contribution is 5.56. The van der Waals surface area contributed by atoms with Gasteiger partial charge >= 0.3 is 0 Å². The van der Waals surface area contributed by atoms with E-state index < -0.39 is 4.92 Å². The molecule has 5 nitrogen and oxygen atoms in total. The second-order valence-corrected chi connectivity index (χ2v) is 4.96. The Morgan fingerprint density at radius 1 is 1.35 bits per heavy atom. The third-order valence-corrected chi connectivity index (χ3v) is 3.50. The Kier molecular flexibility index (Phi) is 4.98. The van der Waals surface area contributed by atoms with E-state index in [0.29, 0.717) is 5.75 Å². The third kappa shape index (κ3) is 3.98. The molecule has 0 bridgehead atoms. The van der Waals surface area contributed by atoms with Crippen LogP contribution in [-0.4, -0.2) is 18.6 Å². The lowest BCUT2D eigenvalue weighted by atomic mass is 9.97. The number of non-ortho nitro benzene ring substituents is 1. The quantitative estimate of drug-likeness (QED) is 0.486. The number of benzene rings is 1. The first-order valence-corrected chi connectivity index (χ1v) is 6.94. The monoisotopic (exact) mass is 276 g/mol. The third-order valence-electron chi connectivity index (χ3n) is 3.50. The Labute approximate surface area is 118 Å². The molecule has 1 aromatic carbocycles. The summed E-state index contributed by atoms with van der Waals surface area (Å²) in [5.74, 6) is 0.499. The molecule has 0 saturated carbocycles. The topological polar surface area (TPSA) is 64.4 Å². The van der Waals surface area contributed by atoms with Crippen molar-refractivity contribution in [2.75, 3.05) is 19.0 Å². The van der Waals surface area contributed by atoms with E-state index in [1.54, 1.807) is 6.07 Å².